The number of carbonyl (C=O) groups excluding carboxylic acids is 18. The Labute approximate surface area is 860 Å². The van der Waals surface area contributed by atoms with E-state index in [0.717, 1.165) is 42.2 Å². The van der Waals surface area contributed by atoms with Gasteiger partial charge < -0.3 is 142 Å². The minimum absolute atomic E-state index is 0.00469. The average Bonchev–Trinajstić information content (AvgIpc) is 1.79. The van der Waals surface area contributed by atoms with Crippen LogP contribution in [0, 0.1) is 29.6 Å². The van der Waals surface area contributed by atoms with Gasteiger partial charge in [-0.05, 0) is 115 Å². The number of nitrogens with two attached hydrogens (primary N) is 2. The highest BCUT2D eigenvalue weighted by molar-refractivity contribution is 8.00. The topological polar surface area (TPSA) is 736 Å². The fourth-order valence-electron chi connectivity index (χ4n) is 16.5. The molecule has 0 bridgehead atoms. The number of thioether (sulfide) groups is 1. The molecule has 2 aliphatic rings. The molecule has 0 spiro atoms. The Bertz CT molecular complexity index is 5420. The molecule has 5 aromatic rings. The van der Waals surface area contributed by atoms with Crippen LogP contribution in [0.4, 0.5) is 0 Å². The van der Waals surface area contributed by atoms with E-state index >= 15 is 28.8 Å². The van der Waals surface area contributed by atoms with E-state index in [9.17, 15) is 97.8 Å². The molecule has 810 valence electrons. The fraction of sp³-hybridized carbons (Fsp3) is 0.540. The van der Waals surface area contributed by atoms with Crippen LogP contribution in [0.25, 0.3) is 22.0 Å². The van der Waals surface area contributed by atoms with Crippen LogP contribution in [-0.2, 0) is 115 Å². The predicted molar refractivity (Wildman–Crippen MR) is 540 cm³/mol. The Morgan fingerprint density at radius 3 is 1.55 bits per heavy atom. The van der Waals surface area contributed by atoms with Gasteiger partial charge in [0.05, 0.1) is 44.6 Å². The number of hydrogen-bond acceptors (Lipinski definition) is 27. The second-order valence-electron chi connectivity index (χ2n) is 38.1. The smallest absolute Gasteiger partial charge is 0.341 e. The van der Waals surface area contributed by atoms with Gasteiger partial charge >= 0.3 is 11.9 Å². The summed E-state index contributed by atoms with van der Waals surface area (Å²) < 4.78 is 5.29. The molecule has 1 aliphatic heterocycles. The summed E-state index contributed by atoms with van der Waals surface area (Å²) in [6.45, 7) is 10.1. The molecule has 1 saturated heterocycles. The van der Waals surface area contributed by atoms with E-state index < -0.39 is 303 Å². The van der Waals surface area contributed by atoms with Gasteiger partial charge in [-0.1, -0.05) is 179 Å². The highest BCUT2D eigenvalue weighted by Gasteiger charge is 2.43. The van der Waals surface area contributed by atoms with Crippen molar-refractivity contribution in [3.63, 3.8) is 0 Å². The van der Waals surface area contributed by atoms with E-state index in [1.165, 1.54) is 58.3 Å². The lowest BCUT2D eigenvalue weighted by atomic mass is 9.84. The second-order valence-corrected chi connectivity index (χ2v) is 39.1. The number of nitrogens with zero attached hydrogens (tertiary/aromatic N) is 1. The lowest BCUT2D eigenvalue weighted by Crippen LogP contribution is -2.62. The third-order valence-electron chi connectivity index (χ3n) is 25.3. The summed E-state index contributed by atoms with van der Waals surface area (Å²) in [4.78, 5) is 291. The number of aliphatic hydroxyl groups excluding tert-OH is 4. The molecule has 1 aliphatic carbocycles. The lowest BCUT2D eigenvalue weighted by Gasteiger charge is -2.33. The van der Waals surface area contributed by atoms with Crippen molar-refractivity contribution in [2.75, 3.05) is 58.1 Å². The lowest BCUT2D eigenvalue weighted by molar-refractivity contribution is -0.143. The summed E-state index contributed by atoms with van der Waals surface area (Å²) >= 11 is 0.508. The Hall–Kier alpha value is -14.2. The van der Waals surface area contributed by atoms with Crippen molar-refractivity contribution in [1.82, 2.24) is 95.0 Å². The van der Waals surface area contributed by atoms with Gasteiger partial charge in [0.15, 0.2) is 6.61 Å². The van der Waals surface area contributed by atoms with Crippen molar-refractivity contribution in [3.8, 4) is 16.9 Å². The minimum atomic E-state index is -2.17. The summed E-state index contributed by atoms with van der Waals surface area (Å²) in [5.41, 5.74) is 14.6. The summed E-state index contributed by atoms with van der Waals surface area (Å²) in [6, 6.07) is 0.784. The Morgan fingerprint density at radius 2 is 1.00 bits per heavy atom. The van der Waals surface area contributed by atoms with Crippen molar-refractivity contribution < 1.29 is 131 Å². The van der Waals surface area contributed by atoms with E-state index in [1.54, 1.807) is 90.1 Å². The van der Waals surface area contributed by atoms with Crippen molar-refractivity contribution in [2.24, 2.45) is 41.1 Å². The predicted octanol–water partition coefficient (Wildman–Crippen LogP) is -3.65. The van der Waals surface area contributed by atoms with Crippen molar-refractivity contribution >= 4 is 141 Å². The van der Waals surface area contributed by atoms with Crippen LogP contribution in [0.15, 0.2) is 109 Å². The Balaban J connectivity index is 1.34. The number of hydrogen-bond donors (Lipinski definition) is 25. The zero-order chi connectivity index (χ0) is 109. The van der Waals surface area contributed by atoms with Gasteiger partial charge in [0.1, 0.15) is 102 Å². The first-order chi connectivity index (χ1) is 70.2. The van der Waals surface area contributed by atoms with E-state index in [2.05, 4.69) is 90.1 Å². The Morgan fingerprint density at radius 1 is 0.514 bits per heavy atom. The molecular formula is C100H142N20O27S. The molecule has 1 aromatic heterocycles. The van der Waals surface area contributed by atoms with Crippen LogP contribution in [0.1, 0.15) is 150 Å². The number of aromatic nitrogens is 1. The maximum atomic E-state index is 15.5. The van der Waals surface area contributed by atoms with Crippen LogP contribution in [0.3, 0.4) is 0 Å². The highest BCUT2D eigenvalue weighted by Crippen LogP contribution is 2.29. The van der Waals surface area contributed by atoms with Crippen LogP contribution in [0.5, 0.6) is 5.75 Å². The number of aliphatic carboxylic acids is 2. The van der Waals surface area contributed by atoms with Crippen molar-refractivity contribution in [1.29, 1.82) is 0 Å². The van der Waals surface area contributed by atoms with Crippen LogP contribution >= 0.6 is 11.8 Å². The summed E-state index contributed by atoms with van der Waals surface area (Å²) in [6.07, 6.45) is 0.708. The van der Waals surface area contributed by atoms with Gasteiger partial charge in [-0.2, -0.15) is 0 Å². The standard InChI is InChI=1S/C100H142N20O27S/c1-12-54(8)83-100(146)120(11)55(9)86(132)107-67(37-51(2)3)89(135)106-66(35-36-101)88(134)108-69(38-57-21-15-13-16-22-57)92(138)117-82(53(6)7)98(144)114-75(47-123)95(141)115-76(96(142)113-74(46-122)87(133)104-44-77(125)105-73(45-121)85(102)131)49-148-50-78(126)116-84(56(10)124)99(145)112-68(40-59-29-33-63(34-30-59)147-48-80(129)130)90(136)110-72(42-79(127)128)91(137)109-71(41-62-43-103-65-26-20-19-25-64(62)65)94(140)118-81(52(4)5)97(143)111-70(93(139)119-83)39-58-27-31-61(32-28-58)60-23-17-14-18-24-60/h14,17-20,23-34,43,51-57,66-76,81-84,103,121-124H,12-13,15-16,21-22,35-42,44-50,101H2,1-11H3,(H2,102,131)(H,104,133)(H,105,125)(H,106,135)(H,107,132)(H,108,134)(H,109,137)(H,110,136)(H,111,143)(H,112,145)(H,113,142)(H,114,144)(H,115,141)(H,116,126)(H,117,138)(H,118,140)(H,119,139)(H,127,128)(H,129,130)/t54?,55-,56?,66-,67+,68-,69-,70-,71-,72-,73-,74+,75-,76-,81-,82-,83-,84-/m0/s1. The van der Waals surface area contributed by atoms with E-state index in [4.69, 9.17) is 16.2 Å². The first kappa shape index (κ1) is 121. The minimum Gasteiger partial charge on any atom is -0.482 e. The van der Waals surface area contributed by atoms with E-state index in [-0.39, 0.29) is 61.8 Å². The van der Waals surface area contributed by atoms with Crippen LogP contribution < -0.4 is 101 Å². The molecule has 27 N–H and O–H groups in total. The number of carboxylic acid groups (broad SMARTS) is 2. The number of carbonyl (C=O) groups is 20. The highest BCUT2D eigenvalue weighted by atomic mass is 32.2. The number of para-hydroxylation sites is 1. The molecular weight excluding hydrogens is 1950 g/mol. The van der Waals surface area contributed by atoms with Gasteiger partial charge in [-0.3, -0.25) is 91.1 Å². The summed E-state index contributed by atoms with van der Waals surface area (Å²) in [5.74, 6) is -27.4. The number of rotatable bonds is 33. The van der Waals surface area contributed by atoms with E-state index in [1.807, 2.05) is 30.3 Å². The second kappa shape index (κ2) is 59.5. The van der Waals surface area contributed by atoms with Crippen molar-refractivity contribution in [2.45, 2.75) is 255 Å². The van der Waals surface area contributed by atoms with E-state index in [0.29, 0.717) is 46.6 Å². The first-order valence-electron chi connectivity index (χ1n) is 49.2. The maximum absolute atomic E-state index is 15.5. The van der Waals surface area contributed by atoms with Gasteiger partial charge in [0.25, 0.3) is 0 Å². The third-order valence-corrected chi connectivity index (χ3v) is 26.4. The monoisotopic (exact) mass is 2090 g/mol. The van der Waals surface area contributed by atoms with Gasteiger partial charge in [0, 0.05) is 49.2 Å². The molecule has 4 aromatic carbocycles. The van der Waals surface area contributed by atoms with Gasteiger partial charge in [-0.25, -0.2) is 4.79 Å². The number of benzene rings is 4. The molecule has 2 unspecified atom stereocenters. The number of H-pyrrole nitrogens is 1. The molecule has 48 heteroatoms. The molecule has 47 nitrogen and oxygen atoms in total. The molecule has 2 fully saturated rings. The van der Waals surface area contributed by atoms with Gasteiger partial charge in [0.2, 0.25) is 106 Å². The average molecular weight is 2090 g/mol. The SMILES string of the molecule is CCC(C)[C@@H]1NC(=O)[C@H](Cc2ccc(-c3ccccc3)cc2)NC(=O)[C@H](C(C)C)NC(=O)[C@H](Cc2c[nH]c3ccccc23)NC(=O)[C@H](CC(=O)O)NC(=O)[C@H](Cc2ccc(OCC(=O)O)cc2)NC(=O)[C@H](C(C)O)NC(=O)CSC[C@@H](C(=O)N[C@H](CO)C(=O)NCC(=O)N[C@@H](CO)C(N)=O)NC(=O)[C@H](CO)NC(=O)[C@H](C(C)C)NC(=O)[C@H](CC2CCCCC2)NC(=O)[C@H](CCN)NC(=O)[C@@H](CC(C)C)NC(=O)[C@H](C)N(C)C1=O. The zero-order valence-electron chi connectivity index (χ0n) is 84.7. The molecule has 7 rings (SSSR count). The van der Waals surface area contributed by atoms with Crippen LogP contribution in [-0.4, -0.2) is 320 Å². The Kier molecular flexibility index (Phi) is 48.6. The number of ether oxygens (including phenoxy) is 1. The number of nitrogens with one attached hydrogen (secondary N) is 17. The number of primary amides is 1. The number of likely N-dealkylation sites (N-methyl/N-ethyl adjacent to an activating group) is 1. The molecule has 1 saturated carbocycles. The third kappa shape index (κ3) is 37.6. The van der Waals surface area contributed by atoms with Crippen LogP contribution in [0.2, 0.25) is 0 Å². The molecule has 2 heterocycles. The molecule has 148 heavy (non-hydrogen) atoms. The number of aromatic amines is 1. The summed E-state index contributed by atoms with van der Waals surface area (Å²) in [5, 5.41) is 102. The summed E-state index contributed by atoms with van der Waals surface area (Å²) in [7, 11) is 1.30. The quantitative estimate of drug-likeness (QED) is 0.0193. The molecule has 18 atom stereocenters. The number of amides is 18. The fourth-order valence-corrected chi connectivity index (χ4v) is 17.3. The number of fused-ring (bicyclic) bond motifs is 1. The zero-order valence-corrected chi connectivity index (χ0v) is 85.5. The molecule has 0 radical (unpaired) electrons. The maximum Gasteiger partial charge on any atom is 0.341 e. The first-order valence-corrected chi connectivity index (χ1v) is 50.3. The number of carboxylic acids is 2. The molecule has 18 amide bonds. The van der Waals surface area contributed by atoms with Crippen molar-refractivity contribution in [3.05, 3.63) is 126 Å². The number of aliphatic hydroxyl groups is 4. The van der Waals surface area contributed by atoms with Gasteiger partial charge in [-0.15, -0.1) is 11.8 Å². The normalized spacial score (nSPS) is 23.7. The largest absolute Gasteiger partial charge is 0.482 e.